The Morgan fingerprint density at radius 3 is 2.32 bits per heavy atom. The molecule has 0 saturated heterocycles. The number of rotatable bonds is 4. The predicted molar refractivity (Wildman–Crippen MR) is 94.0 cm³/mol. The Labute approximate surface area is 152 Å². The summed E-state index contributed by atoms with van der Waals surface area (Å²) < 4.78 is 5.59. The summed E-state index contributed by atoms with van der Waals surface area (Å²) in [6.45, 7) is 1.61. The zero-order chi connectivity index (χ0) is 17.6. The van der Waals surface area contributed by atoms with Crippen molar-refractivity contribution in [3.8, 4) is 0 Å². The van der Waals surface area contributed by atoms with E-state index < -0.39 is 6.10 Å². The molecule has 5 nitrogen and oxygen atoms in total. The van der Waals surface area contributed by atoms with Crippen LogP contribution < -0.4 is 5.32 Å². The van der Waals surface area contributed by atoms with Gasteiger partial charge in [0.25, 0.3) is 5.91 Å². The van der Waals surface area contributed by atoms with Crippen molar-refractivity contribution in [3.05, 3.63) is 23.4 Å². The molecule has 1 N–H and O–H groups in total. The van der Waals surface area contributed by atoms with Crippen LogP contribution in [0.1, 0.15) is 45.4 Å². The van der Waals surface area contributed by atoms with Gasteiger partial charge in [0, 0.05) is 6.20 Å². The maximum atomic E-state index is 12.9. The largest absolute Gasteiger partial charge is 0.452 e. The molecule has 6 heteroatoms. The number of pyridine rings is 1. The van der Waals surface area contributed by atoms with Crippen LogP contribution in [0, 0.1) is 23.2 Å². The minimum Gasteiger partial charge on any atom is -0.452 e. The second-order valence-corrected chi connectivity index (χ2v) is 8.53. The van der Waals surface area contributed by atoms with Gasteiger partial charge < -0.3 is 10.1 Å². The third-order valence-corrected chi connectivity index (χ3v) is 6.33. The van der Waals surface area contributed by atoms with Gasteiger partial charge in [-0.05, 0) is 75.3 Å². The Hall–Kier alpha value is -1.62. The molecule has 4 aliphatic carbocycles. The van der Waals surface area contributed by atoms with Gasteiger partial charge in [-0.15, -0.1) is 0 Å². The monoisotopic (exact) mass is 362 g/mol. The SMILES string of the molecule is C[C@@H](OC(=O)C12CC3CC(CC(C3)C1)C2)C(=O)Nc1ccc(Cl)cn1. The lowest BCUT2D eigenvalue weighted by atomic mass is 9.49. The minimum absolute atomic E-state index is 0.182. The van der Waals surface area contributed by atoms with Crippen molar-refractivity contribution in [2.75, 3.05) is 5.32 Å². The van der Waals surface area contributed by atoms with Crippen LogP contribution in [-0.2, 0) is 14.3 Å². The molecule has 134 valence electrons. The number of aromatic nitrogens is 1. The van der Waals surface area contributed by atoms with E-state index in [1.165, 1.54) is 25.5 Å². The third kappa shape index (κ3) is 3.26. The van der Waals surface area contributed by atoms with E-state index in [9.17, 15) is 9.59 Å². The number of nitrogens with one attached hydrogen (secondary N) is 1. The van der Waals surface area contributed by atoms with E-state index in [0.717, 1.165) is 19.3 Å². The zero-order valence-electron chi connectivity index (χ0n) is 14.3. The molecule has 4 fully saturated rings. The summed E-state index contributed by atoms with van der Waals surface area (Å²) in [5, 5.41) is 3.16. The van der Waals surface area contributed by atoms with Crippen LogP contribution in [-0.4, -0.2) is 23.0 Å². The number of carbonyl (C=O) groups is 2. The van der Waals surface area contributed by atoms with Crippen molar-refractivity contribution in [1.82, 2.24) is 4.98 Å². The first-order valence-corrected chi connectivity index (χ1v) is 9.45. The number of ether oxygens (including phenoxy) is 1. The van der Waals surface area contributed by atoms with Crippen LogP contribution in [0.4, 0.5) is 5.82 Å². The number of amides is 1. The number of nitrogens with zero attached hydrogens (tertiary/aromatic N) is 1. The molecule has 0 radical (unpaired) electrons. The average molecular weight is 363 g/mol. The molecule has 1 atom stereocenters. The van der Waals surface area contributed by atoms with Gasteiger partial charge in [0.1, 0.15) is 5.82 Å². The second kappa shape index (κ2) is 6.27. The molecule has 4 aliphatic rings. The van der Waals surface area contributed by atoms with Gasteiger partial charge in [-0.25, -0.2) is 4.98 Å². The fourth-order valence-electron chi connectivity index (χ4n) is 5.38. The number of hydrogen-bond donors (Lipinski definition) is 1. The predicted octanol–water partition coefficient (Wildman–Crippen LogP) is 3.82. The van der Waals surface area contributed by atoms with E-state index >= 15 is 0 Å². The first-order valence-electron chi connectivity index (χ1n) is 9.07. The Kier molecular flexibility index (Phi) is 4.22. The lowest BCUT2D eigenvalue weighted by Crippen LogP contribution is -2.51. The van der Waals surface area contributed by atoms with Crippen molar-refractivity contribution >= 4 is 29.3 Å². The summed E-state index contributed by atoms with van der Waals surface area (Å²) in [7, 11) is 0. The second-order valence-electron chi connectivity index (χ2n) is 8.10. The first kappa shape index (κ1) is 16.8. The quantitative estimate of drug-likeness (QED) is 0.827. The minimum atomic E-state index is -0.835. The molecule has 0 unspecified atom stereocenters. The Bertz CT molecular complexity index is 653. The van der Waals surface area contributed by atoms with Crippen molar-refractivity contribution in [3.63, 3.8) is 0 Å². The molecule has 0 spiro atoms. The summed E-state index contributed by atoms with van der Waals surface area (Å²) in [6, 6.07) is 3.27. The highest BCUT2D eigenvalue weighted by Gasteiger charge is 2.55. The van der Waals surface area contributed by atoms with Gasteiger partial charge in [-0.1, -0.05) is 11.6 Å². The third-order valence-electron chi connectivity index (χ3n) is 6.10. The number of anilines is 1. The van der Waals surface area contributed by atoms with E-state index in [1.54, 1.807) is 19.1 Å². The standard InChI is InChI=1S/C19H23ClN2O3/c1-11(17(23)22-16-3-2-15(20)10-21-16)25-18(24)19-7-12-4-13(8-19)6-14(5-12)9-19/h2-3,10-14H,4-9H2,1H3,(H,21,22,23)/t11-,12?,13?,14?,19?/m1/s1. The maximum Gasteiger partial charge on any atom is 0.312 e. The van der Waals surface area contributed by atoms with Crippen molar-refractivity contribution in [2.24, 2.45) is 23.2 Å². The molecule has 1 amide bonds. The molecule has 0 aromatic carbocycles. The van der Waals surface area contributed by atoms with Gasteiger partial charge >= 0.3 is 5.97 Å². The van der Waals surface area contributed by atoms with Crippen molar-refractivity contribution in [1.29, 1.82) is 0 Å². The molecular formula is C19H23ClN2O3. The number of hydrogen-bond acceptors (Lipinski definition) is 4. The summed E-state index contributed by atoms with van der Waals surface area (Å²) in [5.41, 5.74) is -0.345. The summed E-state index contributed by atoms with van der Waals surface area (Å²) in [6.07, 6.45) is 7.24. The van der Waals surface area contributed by atoms with E-state index in [1.807, 2.05) is 0 Å². The molecule has 25 heavy (non-hydrogen) atoms. The van der Waals surface area contributed by atoms with E-state index in [0.29, 0.717) is 28.6 Å². The van der Waals surface area contributed by atoms with Crippen LogP contribution in [0.25, 0.3) is 0 Å². The van der Waals surface area contributed by atoms with Crippen LogP contribution in [0.2, 0.25) is 5.02 Å². The maximum absolute atomic E-state index is 12.9. The molecule has 1 aromatic rings. The fraction of sp³-hybridized carbons (Fsp3) is 0.632. The summed E-state index contributed by atoms with van der Waals surface area (Å²) >= 11 is 5.78. The van der Waals surface area contributed by atoms with Gasteiger partial charge in [-0.2, -0.15) is 0 Å². The van der Waals surface area contributed by atoms with Gasteiger partial charge in [0.15, 0.2) is 6.10 Å². The normalized spacial score (nSPS) is 33.8. The van der Waals surface area contributed by atoms with Gasteiger partial charge in [-0.3, -0.25) is 9.59 Å². The topological polar surface area (TPSA) is 68.3 Å². The molecule has 5 rings (SSSR count). The van der Waals surface area contributed by atoms with E-state index in [4.69, 9.17) is 16.3 Å². The molecular weight excluding hydrogens is 340 g/mol. The lowest BCUT2D eigenvalue weighted by molar-refractivity contribution is -0.177. The highest BCUT2D eigenvalue weighted by atomic mass is 35.5. The van der Waals surface area contributed by atoms with Crippen molar-refractivity contribution in [2.45, 2.75) is 51.6 Å². The number of halogens is 1. The van der Waals surface area contributed by atoms with Gasteiger partial charge in [0.2, 0.25) is 0 Å². The van der Waals surface area contributed by atoms with Crippen LogP contribution in [0.15, 0.2) is 18.3 Å². The molecule has 1 aromatic heterocycles. The Morgan fingerprint density at radius 1 is 1.20 bits per heavy atom. The van der Waals surface area contributed by atoms with Crippen molar-refractivity contribution < 1.29 is 14.3 Å². The molecule has 0 aliphatic heterocycles. The molecule has 4 bridgehead atoms. The summed E-state index contributed by atoms with van der Waals surface area (Å²) in [5.74, 6) is 1.85. The highest BCUT2D eigenvalue weighted by molar-refractivity contribution is 6.30. The van der Waals surface area contributed by atoms with E-state index in [-0.39, 0.29) is 17.3 Å². The van der Waals surface area contributed by atoms with Crippen LogP contribution in [0.3, 0.4) is 0 Å². The van der Waals surface area contributed by atoms with Crippen LogP contribution >= 0.6 is 11.6 Å². The first-order chi connectivity index (χ1) is 11.9. The molecule has 4 saturated carbocycles. The lowest BCUT2D eigenvalue weighted by Gasteiger charge is -2.55. The summed E-state index contributed by atoms with van der Waals surface area (Å²) in [4.78, 5) is 29.2. The number of esters is 1. The number of carbonyl (C=O) groups excluding carboxylic acids is 2. The van der Waals surface area contributed by atoms with Gasteiger partial charge in [0.05, 0.1) is 10.4 Å². The molecule has 1 heterocycles. The Balaban J connectivity index is 1.38. The van der Waals surface area contributed by atoms with Crippen LogP contribution in [0.5, 0.6) is 0 Å². The zero-order valence-corrected chi connectivity index (χ0v) is 15.1. The van der Waals surface area contributed by atoms with E-state index in [2.05, 4.69) is 10.3 Å². The highest BCUT2D eigenvalue weighted by Crippen LogP contribution is 2.60. The Morgan fingerprint density at radius 2 is 1.80 bits per heavy atom. The smallest absolute Gasteiger partial charge is 0.312 e. The average Bonchev–Trinajstić information content (AvgIpc) is 2.55. The fourth-order valence-corrected chi connectivity index (χ4v) is 5.49.